The number of nitrogens with one attached hydrogen (secondary N) is 1. The Balaban J connectivity index is 2.77. The summed E-state index contributed by atoms with van der Waals surface area (Å²) in [4.78, 5) is 22.0. The monoisotopic (exact) mass is 286 g/mol. The molecular formula is C10H11BrN2O3. The minimum Gasteiger partial charge on any atom is -0.496 e. The van der Waals surface area contributed by atoms with Gasteiger partial charge in [-0.05, 0) is 34.1 Å². The average molecular weight is 287 g/mol. The molecule has 0 atom stereocenters. The Bertz CT molecular complexity index is 421. The lowest BCUT2D eigenvalue weighted by atomic mass is 10.2. The first-order valence-electron chi connectivity index (χ1n) is 4.44. The van der Waals surface area contributed by atoms with Crippen LogP contribution in [0.1, 0.15) is 10.4 Å². The maximum Gasteiger partial charge on any atom is 0.251 e. The first-order valence-corrected chi connectivity index (χ1v) is 5.24. The van der Waals surface area contributed by atoms with E-state index in [9.17, 15) is 9.59 Å². The summed E-state index contributed by atoms with van der Waals surface area (Å²) >= 11 is 3.26. The number of halogens is 1. The lowest BCUT2D eigenvalue weighted by molar-refractivity contribution is -0.117. The van der Waals surface area contributed by atoms with Crippen LogP contribution in [0.5, 0.6) is 5.75 Å². The van der Waals surface area contributed by atoms with Gasteiger partial charge in [0.2, 0.25) is 5.91 Å². The molecule has 0 spiro atoms. The third-order valence-corrected chi connectivity index (χ3v) is 2.46. The summed E-state index contributed by atoms with van der Waals surface area (Å²) in [7, 11) is 1.53. The highest BCUT2D eigenvalue weighted by Crippen LogP contribution is 2.25. The zero-order chi connectivity index (χ0) is 12.1. The molecule has 5 nitrogen and oxygen atoms in total. The fourth-order valence-electron chi connectivity index (χ4n) is 1.08. The van der Waals surface area contributed by atoms with Gasteiger partial charge in [-0.3, -0.25) is 9.59 Å². The van der Waals surface area contributed by atoms with E-state index in [1.807, 2.05) is 0 Å². The van der Waals surface area contributed by atoms with Gasteiger partial charge < -0.3 is 15.8 Å². The fourth-order valence-corrected chi connectivity index (χ4v) is 1.62. The molecule has 1 aromatic rings. The van der Waals surface area contributed by atoms with Crippen LogP contribution in [0.15, 0.2) is 22.7 Å². The Kier molecular flexibility index (Phi) is 4.30. The summed E-state index contributed by atoms with van der Waals surface area (Å²) in [5, 5.41) is 2.39. The van der Waals surface area contributed by atoms with Crippen LogP contribution >= 0.6 is 15.9 Å². The van der Waals surface area contributed by atoms with E-state index in [0.717, 1.165) is 0 Å². The van der Waals surface area contributed by atoms with Crippen molar-refractivity contribution < 1.29 is 14.3 Å². The second-order valence-corrected chi connectivity index (χ2v) is 3.85. The molecule has 0 saturated heterocycles. The number of carbonyl (C=O) groups excluding carboxylic acids is 2. The van der Waals surface area contributed by atoms with Crippen molar-refractivity contribution in [2.75, 3.05) is 13.7 Å². The first kappa shape index (κ1) is 12.5. The molecule has 0 bridgehead atoms. The van der Waals surface area contributed by atoms with Crippen molar-refractivity contribution in [1.82, 2.24) is 5.32 Å². The molecule has 0 aromatic heterocycles. The number of hydrogen-bond acceptors (Lipinski definition) is 3. The second kappa shape index (κ2) is 5.50. The normalized spacial score (nSPS) is 9.62. The van der Waals surface area contributed by atoms with Gasteiger partial charge in [0.1, 0.15) is 5.75 Å². The average Bonchev–Trinajstić information content (AvgIpc) is 2.25. The van der Waals surface area contributed by atoms with Crippen LogP contribution in [-0.2, 0) is 4.79 Å². The maximum atomic E-state index is 11.5. The molecule has 0 saturated carbocycles. The van der Waals surface area contributed by atoms with Crippen LogP contribution in [0.25, 0.3) is 0 Å². The molecule has 0 aliphatic rings. The zero-order valence-electron chi connectivity index (χ0n) is 8.62. The van der Waals surface area contributed by atoms with E-state index in [1.54, 1.807) is 18.2 Å². The molecular weight excluding hydrogens is 276 g/mol. The minimum absolute atomic E-state index is 0.178. The van der Waals surface area contributed by atoms with Crippen molar-refractivity contribution in [3.63, 3.8) is 0 Å². The number of rotatable bonds is 4. The van der Waals surface area contributed by atoms with E-state index >= 15 is 0 Å². The summed E-state index contributed by atoms with van der Waals surface area (Å²) in [6.07, 6.45) is 0. The predicted octanol–water partition coefficient (Wildman–Crippen LogP) is 0.673. The van der Waals surface area contributed by atoms with Gasteiger partial charge in [0.25, 0.3) is 5.91 Å². The molecule has 0 aliphatic carbocycles. The molecule has 1 rings (SSSR count). The van der Waals surface area contributed by atoms with Crippen LogP contribution in [0.4, 0.5) is 0 Å². The van der Waals surface area contributed by atoms with E-state index in [4.69, 9.17) is 10.5 Å². The number of primary amides is 1. The number of amides is 2. The largest absolute Gasteiger partial charge is 0.496 e. The Morgan fingerprint density at radius 2 is 2.19 bits per heavy atom. The summed E-state index contributed by atoms with van der Waals surface area (Å²) in [6.45, 7) is -0.178. The van der Waals surface area contributed by atoms with Crippen molar-refractivity contribution >= 4 is 27.7 Å². The van der Waals surface area contributed by atoms with Gasteiger partial charge in [-0.1, -0.05) is 0 Å². The third-order valence-electron chi connectivity index (χ3n) is 1.84. The molecule has 0 unspecified atom stereocenters. The van der Waals surface area contributed by atoms with Gasteiger partial charge in [-0.2, -0.15) is 0 Å². The highest BCUT2D eigenvalue weighted by atomic mass is 79.9. The standard InChI is InChI=1S/C10H11BrN2O3/c1-16-8-3-2-6(4-7(8)11)10(15)13-5-9(12)14/h2-4H,5H2,1H3,(H2,12,14)(H,13,15). The van der Waals surface area contributed by atoms with Gasteiger partial charge >= 0.3 is 0 Å². The smallest absolute Gasteiger partial charge is 0.251 e. The van der Waals surface area contributed by atoms with E-state index < -0.39 is 5.91 Å². The molecule has 0 heterocycles. The maximum absolute atomic E-state index is 11.5. The highest BCUT2D eigenvalue weighted by Gasteiger charge is 2.08. The molecule has 16 heavy (non-hydrogen) atoms. The summed E-state index contributed by atoms with van der Waals surface area (Å²) in [5.41, 5.74) is 5.34. The molecule has 0 aliphatic heterocycles. The lowest BCUT2D eigenvalue weighted by Crippen LogP contribution is -2.33. The van der Waals surface area contributed by atoms with Gasteiger partial charge in [-0.25, -0.2) is 0 Å². The summed E-state index contributed by atoms with van der Waals surface area (Å²) < 4.78 is 5.69. The topological polar surface area (TPSA) is 81.4 Å². The molecule has 86 valence electrons. The van der Waals surface area contributed by atoms with E-state index in [2.05, 4.69) is 21.2 Å². The van der Waals surface area contributed by atoms with Crippen molar-refractivity contribution in [2.45, 2.75) is 0 Å². The summed E-state index contributed by atoms with van der Waals surface area (Å²) in [6, 6.07) is 4.86. The summed E-state index contributed by atoms with van der Waals surface area (Å²) in [5.74, 6) is -0.311. The van der Waals surface area contributed by atoms with Crippen molar-refractivity contribution in [2.24, 2.45) is 5.73 Å². The number of nitrogens with two attached hydrogens (primary N) is 1. The van der Waals surface area contributed by atoms with Crippen LogP contribution in [-0.4, -0.2) is 25.5 Å². The number of ether oxygens (including phenoxy) is 1. The number of hydrogen-bond donors (Lipinski definition) is 2. The van der Waals surface area contributed by atoms with Gasteiger partial charge in [0.15, 0.2) is 0 Å². The number of carbonyl (C=O) groups is 2. The molecule has 0 radical (unpaired) electrons. The van der Waals surface area contributed by atoms with Gasteiger partial charge in [0, 0.05) is 5.56 Å². The van der Waals surface area contributed by atoms with Crippen LogP contribution in [0.3, 0.4) is 0 Å². The van der Waals surface area contributed by atoms with Crippen LogP contribution < -0.4 is 15.8 Å². The Morgan fingerprint density at radius 1 is 1.50 bits per heavy atom. The Morgan fingerprint density at radius 3 is 2.69 bits per heavy atom. The second-order valence-electron chi connectivity index (χ2n) is 3.00. The van der Waals surface area contributed by atoms with Crippen molar-refractivity contribution in [1.29, 1.82) is 0 Å². The third kappa shape index (κ3) is 3.23. The quantitative estimate of drug-likeness (QED) is 0.854. The van der Waals surface area contributed by atoms with Gasteiger partial charge in [0.05, 0.1) is 18.1 Å². The van der Waals surface area contributed by atoms with E-state index in [-0.39, 0.29) is 12.5 Å². The Labute approximate surface area is 101 Å². The van der Waals surface area contributed by atoms with Crippen molar-refractivity contribution in [3.8, 4) is 5.75 Å². The molecule has 3 N–H and O–H groups in total. The van der Waals surface area contributed by atoms with E-state index in [0.29, 0.717) is 15.8 Å². The zero-order valence-corrected chi connectivity index (χ0v) is 10.2. The molecule has 0 fully saturated rings. The molecule has 1 aromatic carbocycles. The van der Waals surface area contributed by atoms with Crippen molar-refractivity contribution in [3.05, 3.63) is 28.2 Å². The fraction of sp³-hybridized carbons (Fsp3) is 0.200. The first-order chi connectivity index (χ1) is 7.54. The highest BCUT2D eigenvalue weighted by molar-refractivity contribution is 9.10. The van der Waals surface area contributed by atoms with Crippen LogP contribution in [0.2, 0.25) is 0 Å². The van der Waals surface area contributed by atoms with E-state index in [1.165, 1.54) is 7.11 Å². The molecule has 2 amide bonds. The Hall–Kier alpha value is -1.56. The van der Waals surface area contributed by atoms with Gasteiger partial charge in [-0.15, -0.1) is 0 Å². The number of methoxy groups -OCH3 is 1. The lowest BCUT2D eigenvalue weighted by Gasteiger charge is -2.06. The number of benzene rings is 1. The SMILES string of the molecule is COc1ccc(C(=O)NCC(N)=O)cc1Br. The van der Waals surface area contributed by atoms with Crippen LogP contribution in [0, 0.1) is 0 Å². The predicted molar refractivity (Wildman–Crippen MR) is 62.2 cm³/mol. The minimum atomic E-state index is -0.582. The molecule has 6 heteroatoms.